The largest absolute Gasteiger partial charge is 0.383 e. The summed E-state index contributed by atoms with van der Waals surface area (Å²) in [6.45, 7) is 4.27. The molecule has 6 heteroatoms. The maximum atomic E-state index is 9.03. The van der Waals surface area contributed by atoms with E-state index < -0.39 is 0 Å². The minimum absolute atomic E-state index is 0.469. The number of nitrogens with one attached hydrogen (secondary N) is 1. The van der Waals surface area contributed by atoms with Crippen LogP contribution in [0.1, 0.15) is 25.1 Å². The van der Waals surface area contributed by atoms with Gasteiger partial charge in [0.25, 0.3) is 0 Å². The molecule has 0 fully saturated rings. The molecule has 3 aromatic rings. The van der Waals surface area contributed by atoms with E-state index in [1.54, 1.807) is 16.8 Å². The van der Waals surface area contributed by atoms with Gasteiger partial charge < -0.3 is 5.73 Å². The fourth-order valence-electron chi connectivity index (χ4n) is 2.42. The Kier molecular flexibility index (Phi) is 3.10. The van der Waals surface area contributed by atoms with E-state index in [0.717, 1.165) is 23.2 Å². The zero-order valence-electron chi connectivity index (χ0n) is 12.0. The molecule has 3 rings (SSSR count). The molecule has 3 N–H and O–H groups in total. The van der Waals surface area contributed by atoms with Gasteiger partial charge in [0.05, 0.1) is 28.4 Å². The number of nitrogen functional groups attached to an aromatic ring is 1. The third-order valence-electron chi connectivity index (χ3n) is 3.31. The molecule has 0 spiro atoms. The number of hydrogen-bond donors (Lipinski definition) is 2. The molecule has 0 unspecified atom stereocenters. The van der Waals surface area contributed by atoms with E-state index in [-0.39, 0.29) is 0 Å². The highest BCUT2D eigenvalue weighted by Gasteiger charge is 2.18. The van der Waals surface area contributed by atoms with E-state index in [1.165, 1.54) is 0 Å². The van der Waals surface area contributed by atoms with Crippen LogP contribution in [-0.4, -0.2) is 20.0 Å². The highest BCUT2D eigenvalue weighted by atomic mass is 15.4. The molecule has 2 aromatic heterocycles. The Bertz CT molecular complexity index is 834. The summed E-state index contributed by atoms with van der Waals surface area (Å²) in [5, 5.41) is 21.6. The number of rotatable bonds is 3. The van der Waals surface area contributed by atoms with E-state index >= 15 is 0 Å². The summed E-state index contributed by atoms with van der Waals surface area (Å²) in [4.78, 5) is 0. The van der Waals surface area contributed by atoms with Crippen LogP contribution in [0, 0.1) is 17.2 Å². The second-order valence-corrected chi connectivity index (χ2v) is 5.45. The minimum Gasteiger partial charge on any atom is -0.383 e. The first kappa shape index (κ1) is 13.2. The van der Waals surface area contributed by atoms with Crippen LogP contribution in [0.25, 0.3) is 16.7 Å². The van der Waals surface area contributed by atoms with Gasteiger partial charge in [0.15, 0.2) is 5.65 Å². The number of H-pyrrole nitrogens is 1. The number of nitrogens with two attached hydrogens (primary N) is 1. The summed E-state index contributed by atoms with van der Waals surface area (Å²) in [5.74, 6) is 1.000. The monoisotopic (exact) mass is 280 g/mol. The van der Waals surface area contributed by atoms with Crippen LogP contribution in [0.4, 0.5) is 5.82 Å². The van der Waals surface area contributed by atoms with Gasteiger partial charge in [0, 0.05) is 0 Å². The summed E-state index contributed by atoms with van der Waals surface area (Å²) in [5.41, 5.74) is 8.99. The lowest BCUT2D eigenvalue weighted by Gasteiger charge is -2.03. The number of aromatic nitrogens is 4. The molecule has 6 nitrogen and oxygen atoms in total. The summed E-state index contributed by atoms with van der Waals surface area (Å²) < 4.78 is 1.74. The first-order valence-electron chi connectivity index (χ1n) is 6.82. The van der Waals surface area contributed by atoms with Crippen LogP contribution in [0.2, 0.25) is 0 Å². The van der Waals surface area contributed by atoms with Crippen molar-refractivity contribution >= 4 is 16.9 Å². The maximum Gasteiger partial charge on any atom is 0.186 e. The van der Waals surface area contributed by atoms with Gasteiger partial charge in [-0.15, -0.1) is 0 Å². The molecule has 0 aliphatic carbocycles. The standard InChI is InChI=1S/C15H16N6/c1-9(2)6-12-13-14(17)18-19-15(13)21(20-12)11-5-3-4-10(7-11)8-16/h3-5,7,9H,6H2,1-2H3,(H3,17,18,19). The highest BCUT2D eigenvalue weighted by Crippen LogP contribution is 2.26. The smallest absolute Gasteiger partial charge is 0.186 e. The molecule has 0 aliphatic heterocycles. The number of anilines is 1. The van der Waals surface area contributed by atoms with E-state index in [1.807, 2.05) is 12.1 Å². The van der Waals surface area contributed by atoms with Gasteiger partial charge in [-0.05, 0) is 30.5 Å². The highest BCUT2D eigenvalue weighted by molar-refractivity contribution is 5.90. The molecule has 0 amide bonds. The van der Waals surface area contributed by atoms with Crippen molar-refractivity contribution in [2.75, 3.05) is 5.73 Å². The Morgan fingerprint density at radius 2 is 2.24 bits per heavy atom. The Labute approximate surface area is 122 Å². The molecular weight excluding hydrogens is 264 g/mol. The predicted molar refractivity (Wildman–Crippen MR) is 80.9 cm³/mol. The van der Waals surface area contributed by atoms with Gasteiger partial charge in [-0.3, -0.25) is 5.10 Å². The minimum atomic E-state index is 0.469. The second kappa shape index (κ2) is 4.94. The first-order chi connectivity index (χ1) is 10.1. The van der Waals surface area contributed by atoms with E-state index in [0.29, 0.717) is 22.9 Å². The van der Waals surface area contributed by atoms with Gasteiger partial charge in [0.2, 0.25) is 0 Å². The quantitative estimate of drug-likeness (QED) is 0.770. The zero-order chi connectivity index (χ0) is 15.0. The molecule has 0 saturated carbocycles. The normalized spacial score (nSPS) is 11.1. The lowest BCUT2D eigenvalue weighted by molar-refractivity contribution is 0.630. The second-order valence-electron chi connectivity index (χ2n) is 5.45. The van der Waals surface area contributed by atoms with Crippen LogP contribution in [0.5, 0.6) is 0 Å². The van der Waals surface area contributed by atoms with Gasteiger partial charge in [-0.1, -0.05) is 19.9 Å². The van der Waals surface area contributed by atoms with Crippen LogP contribution in [0.3, 0.4) is 0 Å². The number of nitriles is 1. The average Bonchev–Trinajstić information content (AvgIpc) is 3.01. The van der Waals surface area contributed by atoms with Crippen LogP contribution in [-0.2, 0) is 6.42 Å². The Morgan fingerprint density at radius 1 is 1.43 bits per heavy atom. The fraction of sp³-hybridized carbons (Fsp3) is 0.267. The topological polar surface area (TPSA) is 96.3 Å². The maximum absolute atomic E-state index is 9.03. The van der Waals surface area contributed by atoms with Crippen molar-refractivity contribution < 1.29 is 0 Å². The van der Waals surface area contributed by atoms with Crippen molar-refractivity contribution in [1.29, 1.82) is 5.26 Å². The fourth-order valence-corrected chi connectivity index (χ4v) is 2.42. The molecule has 0 saturated heterocycles. The molecule has 2 heterocycles. The third kappa shape index (κ3) is 2.23. The molecule has 0 radical (unpaired) electrons. The van der Waals surface area contributed by atoms with Crippen LogP contribution < -0.4 is 5.73 Å². The molecule has 1 aromatic carbocycles. The Morgan fingerprint density at radius 3 is 2.95 bits per heavy atom. The van der Waals surface area contributed by atoms with E-state index in [9.17, 15) is 0 Å². The Balaban J connectivity index is 2.21. The average molecular weight is 280 g/mol. The number of hydrogen-bond acceptors (Lipinski definition) is 4. The van der Waals surface area contributed by atoms with Crippen molar-refractivity contribution in [1.82, 2.24) is 20.0 Å². The van der Waals surface area contributed by atoms with Crippen molar-refractivity contribution in [3.63, 3.8) is 0 Å². The predicted octanol–water partition coefficient (Wildman–Crippen LogP) is 2.40. The van der Waals surface area contributed by atoms with Crippen molar-refractivity contribution in [2.45, 2.75) is 20.3 Å². The SMILES string of the molecule is CC(C)Cc1nn(-c2cccc(C#N)c2)c2n[nH]c(N)c12. The third-order valence-corrected chi connectivity index (χ3v) is 3.31. The lowest BCUT2D eigenvalue weighted by Crippen LogP contribution is -2.01. The molecule has 106 valence electrons. The van der Waals surface area contributed by atoms with Crippen molar-refractivity contribution in [3.05, 3.63) is 35.5 Å². The van der Waals surface area contributed by atoms with Gasteiger partial charge in [-0.2, -0.15) is 15.5 Å². The summed E-state index contributed by atoms with van der Waals surface area (Å²) >= 11 is 0. The van der Waals surface area contributed by atoms with Gasteiger partial charge in [-0.25, -0.2) is 4.68 Å². The molecule has 21 heavy (non-hydrogen) atoms. The molecule has 0 bridgehead atoms. The van der Waals surface area contributed by atoms with E-state index in [2.05, 4.69) is 35.2 Å². The molecule has 0 aliphatic rings. The zero-order valence-corrected chi connectivity index (χ0v) is 12.0. The van der Waals surface area contributed by atoms with Gasteiger partial charge in [0.1, 0.15) is 5.82 Å². The number of fused-ring (bicyclic) bond motifs is 1. The number of aromatic amines is 1. The van der Waals surface area contributed by atoms with Crippen LogP contribution in [0.15, 0.2) is 24.3 Å². The molecular formula is C15H16N6. The lowest BCUT2D eigenvalue weighted by atomic mass is 10.1. The van der Waals surface area contributed by atoms with Crippen molar-refractivity contribution in [3.8, 4) is 11.8 Å². The van der Waals surface area contributed by atoms with Crippen molar-refractivity contribution in [2.24, 2.45) is 5.92 Å². The number of nitrogens with zero attached hydrogens (tertiary/aromatic N) is 4. The molecule has 0 atom stereocenters. The summed E-state index contributed by atoms with van der Waals surface area (Å²) in [6.07, 6.45) is 0.825. The van der Waals surface area contributed by atoms with Gasteiger partial charge >= 0.3 is 0 Å². The van der Waals surface area contributed by atoms with E-state index in [4.69, 9.17) is 11.0 Å². The first-order valence-corrected chi connectivity index (χ1v) is 6.82. The van der Waals surface area contributed by atoms with Crippen LogP contribution >= 0.6 is 0 Å². The summed E-state index contributed by atoms with van der Waals surface area (Å²) in [6, 6.07) is 9.42. The Hall–Kier alpha value is -2.81. The number of benzene rings is 1. The summed E-state index contributed by atoms with van der Waals surface area (Å²) in [7, 11) is 0.